The fraction of sp³-hybridized carbons (Fsp3) is 0.130. The van der Waals surface area contributed by atoms with Crippen LogP contribution in [0.5, 0.6) is 0 Å². The van der Waals surface area contributed by atoms with Gasteiger partial charge in [0.05, 0.1) is 11.3 Å². The van der Waals surface area contributed by atoms with E-state index < -0.39 is 0 Å². The van der Waals surface area contributed by atoms with Gasteiger partial charge in [0.2, 0.25) is 0 Å². The first kappa shape index (κ1) is 19.1. The molecule has 0 fully saturated rings. The van der Waals surface area contributed by atoms with Gasteiger partial charge in [-0.05, 0) is 47.4 Å². The zero-order valence-electron chi connectivity index (χ0n) is 16.1. The van der Waals surface area contributed by atoms with Gasteiger partial charge in [0.25, 0.3) is 0 Å². The predicted octanol–water partition coefficient (Wildman–Crippen LogP) is 5.19. The molecule has 2 aromatic heterocycles. The molecule has 4 aromatic rings. The van der Waals surface area contributed by atoms with Crippen molar-refractivity contribution in [2.24, 2.45) is 0 Å². The van der Waals surface area contributed by atoms with E-state index in [-0.39, 0.29) is 0 Å². The number of nitrogen functional groups attached to an aromatic ring is 1. The average Bonchev–Trinajstić information content (AvgIpc) is 3.19. The molecule has 146 valence electrons. The number of anilines is 2. The molecule has 3 N–H and O–H groups in total. The Labute approximate surface area is 174 Å². The van der Waals surface area contributed by atoms with Crippen LogP contribution in [0, 0.1) is 0 Å². The van der Waals surface area contributed by atoms with Crippen LogP contribution in [0.3, 0.4) is 0 Å². The first-order valence-electron chi connectivity index (χ1n) is 9.33. The van der Waals surface area contributed by atoms with Gasteiger partial charge in [0.15, 0.2) is 5.76 Å². The normalized spacial score (nSPS) is 10.8. The van der Waals surface area contributed by atoms with Crippen LogP contribution in [-0.4, -0.2) is 16.4 Å². The monoisotopic (exact) mass is 402 g/mol. The maximum absolute atomic E-state index is 5.92. The summed E-state index contributed by atoms with van der Waals surface area (Å²) in [5.41, 5.74) is 12.4. The Morgan fingerprint density at radius 2 is 1.72 bits per heavy atom. The molecule has 0 radical (unpaired) electrons. The Hall–Kier alpha value is -3.25. The first-order valence-corrected chi connectivity index (χ1v) is 10.6. The third-order valence-corrected chi connectivity index (χ3v) is 5.07. The van der Waals surface area contributed by atoms with Gasteiger partial charge >= 0.3 is 0 Å². The molecular formula is C23H22N4OS. The van der Waals surface area contributed by atoms with Gasteiger partial charge in [-0.15, -0.1) is 0 Å². The van der Waals surface area contributed by atoms with Gasteiger partial charge in [0, 0.05) is 30.6 Å². The highest BCUT2D eigenvalue weighted by molar-refractivity contribution is 7.99. The highest BCUT2D eigenvalue weighted by Crippen LogP contribution is 2.25. The number of nitrogens with one attached hydrogen (secondary N) is 1. The fourth-order valence-corrected chi connectivity index (χ4v) is 3.59. The van der Waals surface area contributed by atoms with Crippen LogP contribution in [0.25, 0.3) is 11.3 Å². The minimum atomic E-state index is 0.441. The quantitative estimate of drug-likeness (QED) is 0.414. The van der Waals surface area contributed by atoms with Crippen LogP contribution < -0.4 is 10.5 Å². The zero-order valence-corrected chi connectivity index (χ0v) is 16.9. The van der Waals surface area contributed by atoms with Crippen molar-refractivity contribution in [2.75, 3.05) is 16.7 Å². The molecule has 6 heteroatoms. The summed E-state index contributed by atoms with van der Waals surface area (Å²) in [6, 6.07) is 22.8. The first-order chi connectivity index (χ1) is 14.2. The van der Waals surface area contributed by atoms with Crippen LogP contribution in [0.1, 0.15) is 22.4 Å². The van der Waals surface area contributed by atoms with Gasteiger partial charge in [-0.25, -0.2) is 4.98 Å². The summed E-state index contributed by atoms with van der Waals surface area (Å²) < 4.78 is 8.74. The lowest BCUT2D eigenvalue weighted by atomic mass is 10.0. The number of benzene rings is 2. The Morgan fingerprint density at radius 3 is 2.48 bits per heavy atom. The minimum Gasteiger partial charge on any atom is -0.383 e. The van der Waals surface area contributed by atoms with E-state index in [0.29, 0.717) is 18.0 Å². The molecule has 4 rings (SSSR count). The van der Waals surface area contributed by atoms with Crippen molar-refractivity contribution in [3.63, 3.8) is 0 Å². The number of pyridine rings is 1. The molecule has 0 atom stereocenters. The molecule has 0 unspecified atom stereocenters. The molecule has 5 nitrogen and oxygen atoms in total. The molecule has 2 aromatic carbocycles. The standard InChI is InChI=1S/C23H22N4OS/c1-29-27-19-5-2-4-18(14-19)12-16-7-9-17(10-8-16)13-20-15-22(28-26-20)21-6-3-11-25-23(21)24/h2-11,14-15,27H,12-13H2,1H3,(H2,24,25). The molecule has 0 saturated carbocycles. The lowest BCUT2D eigenvalue weighted by Crippen LogP contribution is -1.93. The summed E-state index contributed by atoms with van der Waals surface area (Å²) in [5.74, 6) is 1.08. The topological polar surface area (TPSA) is 77.0 Å². The van der Waals surface area contributed by atoms with Crippen LogP contribution in [0.15, 0.2) is 77.4 Å². The third kappa shape index (κ3) is 4.78. The number of aromatic nitrogens is 2. The van der Waals surface area contributed by atoms with Crippen molar-refractivity contribution >= 4 is 23.5 Å². The Bertz CT molecular complexity index is 1090. The molecule has 0 aliphatic heterocycles. The van der Waals surface area contributed by atoms with Crippen molar-refractivity contribution in [3.05, 3.63) is 95.3 Å². The summed E-state index contributed by atoms with van der Waals surface area (Å²) in [6.45, 7) is 0. The number of nitrogens with two attached hydrogens (primary N) is 1. The van der Waals surface area contributed by atoms with E-state index in [1.54, 1.807) is 18.1 Å². The lowest BCUT2D eigenvalue weighted by Gasteiger charge is -2.07. The van der Waals surface area contributed by atoms with Crippen LogP contribution in [-0.2, 0) is 12.8 Å². The Morgan fingerprint density at radius 1 is 0.931 bits per heavy atom. The second-order valence-corrected chi connectivity index (χ2v) is 7.41. The highest BCUT2D eigenvalue weighted by Gasteiger charge is 2.10. The number of hydrogen-bond donors (Lipinski definition) is 2. The van der Waals surface area contributed by atoms with Gasteiger partial charge in [0.1, 0.15) is 5.82 Å². The van der Waals surface area contributed by atoms with Crippen LogP contribution in [0.4, 0.5) is 11.5 Å². The predicted molar refractivity (Wildman–Crippen MR) is 120 cm³/mol. The Balaban J connectivity index is 1.42. The minimum absolute atomic E-state index is 0.441. The lowest BCUT2D eigenvalue weighted by molar-refractivity contribution is 0.425. The second kappa shape index (κ2) is 8.84. The molecule has 0 aliphatic carbocycles. The number of hydrogen-bond acceptors (Lipinski definition) is 6. The summed E-state index contributed by atoms with van der Waals surface area (Å²) in [4.78, 5) is 4.09. The van der Waals surface area contributed by atoms with E-state index >= 15 is 0 Å². The molecule has 2 heterocycles. The largest absolute Gasteiger partial charge is 0.383 e. The molecule has 29 heavy (non-hydrogen) atoms. The smallest absolute Gasteiger partial charge is 0.170 e. The van der Waals surface area contributed by atoms with E-state index in [2.05, 4.69) is 63.4 Å². The van der Waals surface area contributed by atoms with Gasteiger partial charge < -0.3 is 15.0 Å². The van der Waals surface area contributed by atoms with Crippen molar-refractivity contribution in [3.8, 4) is 11.3 Å². The number of rotatable bonds is 7. The van der Waals surface area contributed by atoms with Crippen molar-refractivity contribution in [1.82, 2.24) is 10.1 Å². The van der Waals surface area contributed by atoms with Gasteiger partial charge in [-0.1, -0.05) is 53.5 Å². The zero-order chi connectivity index (χ0) is 20.1. The fourth-order valence-electron chi connectivity index (χ4n) is 3.23. The maximum atomic E-state index is 5.92. The van der Waals surface area contributed by atoms with E-state index in [0.717, 1.165) is 23.4 Å². The Kier molecular flexibility index (Phi) is 5.81. The summed E-state index contributed by atoms with van der Waals surface area (Å²) in [6.07, 6.45) is 5.29. The van der Waals surface area contributed by atoms with E-state index in [9.17, 15) is 0 Å². The maximum Gasteiger partial charge on any atom is 0.170 e. The molecule has 0 bridgehead atoms. The van der Waals surface area contributed by atoms with Crippen molar-refractivity contribution < 1.29 is 4.52 Å². The third-order valence-electron chi connectivity index (χ3n) is 4.63. The van der Waals surface area contributed by atoms with Crippen molar-refractivity contribution in [2.45, 2.75) is 12.8 Å². The molecule has 0 aliphatic rings. The molecule has 0 saturated heterocycles. The van der Waals surface area contributed by atoms with Crippen molar-refractivity contribution in [1.29, 1.82) is 0 Å². The summed E-state index contributed by atoms with van der Waals surface area (Å²) in [7, 11) is 0. The van der Waals surface area contributed by atoms with Gasteiger partial charge in [-0.3, -0.25) is 0 Å². The average molecular weight is 403 g/mol. The van der Waals surface area contributed by atoms with Crippen LogP contribution >= 0.6 is 11.9 Å². The van der Waals surface area contributed by atoms with E-state index in [1.807, 2.05) is 24.5 Å². The van der Waals surface area contributed by atoms with Crippen LogP contribution in [0.2, 0.25) is 0 Å². The SMILES string of the molecule is CSNc1cccc(Cc2ccc(Cc3cc(-c4cccnc4N)on3)cc2)c1. The summed E-state index contributed by atoms with van der Waals surface area (Å²) >= 11 is 1.60. The summed E-state index contributed by atoms with van der Waals surface area (Å²) in [5, 5.41) is 4.18. The highest BCUT2D eigenvalue weighted by atomic mass is 32.2. The molecule has 0 amide bonds. The number of nitrogens with zero attached hydrogens (tertiary/aromatic N) is 2. The molecular weight excluding hydrogens is 380 g/mol. The molecule has 0 spiro atoms. The second-order valence-electron chi connectivity index (χ2n) is 6.80. The van der Waals surface area contributed by atoms with E-state index in [4.69, 9.17) is 10.3 Å². The van der Waals surface area contributed by atoms with Gasteiger partial charge in [-0.2, -0.15) is 0 Å². The van der Waals surface area contributed by atoms with E-state index in [1.165, 1.54) is 16.7 Å².